The summed E-state index contributed by atoms with van der Waals surface area (Å²) in [5.74, 6) is 6.12. The Morgan fingerprint density at radius 2 is 2.32 bits per heavy atom. The zero-order valence-corrected chi connectivity index (χ0v) is 12.2. The molecule has 1 fully saturated rings. The molecular formula is C15H19NO2S. The Labute approximate surface area is 118 Å². The Morgan fingerprint density at radius 3 is 3.05 bits per heavy atom. The van der Waals surface area contributed by atoms with Gasteiger partial charge in [0.15, 0.2) is 0 Å². The number of nitrogens with zero attached hydrogens (tertiary/aromatic N) is 1. The summed E-state index contributed by atoms with van der Waals surface area (Å²) in [6, 6.07) is 2.14. The molecule has 1 aliphatic rings. The van der Waals surface area contributed by atoms with Crippen molar-refractivity contribution >= 4 is 17.2 Å². The van der Waals surface area contributed by atoms with Gasteiger partial charge in [0.25, 0.3) is 5.91 Å². The van der Waals surface area contributed by atoms with E-state index >= 15 is 0 Å². The summed E-state index contributed by atoms with van der Waals surface area (Å²) in [5, 5.41) is 10.5. The van der Waals surface area contributed by atoms with Crippen molar-refractivity contribution in [3.05, 3.63) is 21.9 Å². The minimum Gasteiger partial charge on any atom is -0.384 e. The molecule has 1 aromatic rings. The van der Waals surface area contributed by atoms with Gasteiger partial charge in [0, 0.05) is 18.0 Å². The summed E-state index contributed by atoms with van der Waals surface area (Å²) < 4.78 is 0. The fourth-order valence-corrected chi connectivity index (χ4v) is 3.13. The molecule has 102 valence electrons. The number of thiophene rings is 1. The van der Waals surface area contributed by atoms with Crippen molar-refractivity contribution in [2.45, 2.75) is 32.7 Å². The number of piperidine rings is 1. The van der Waals surface area contributed by atoms with Gasteiger partial charge in [-0.3, -0.25) is 4.79 Å². The highest BCUT2D eigenvalue weighted by Crippen LogP contribution is 2.24. The summed E-state index contributed by atoms with van der Waals surface area (Å²) in [6.45, 7) is 5.00. The molecule has 0 bridgehead atoms. The van der Waals surface area contributed by atoms with Gasteiger partial charge < -0.3 is 10.0 Å². The first-order chi connectivity index (χ1) is 9.11. The lowest BCUT2D eigenvalue weighted by Crippen LogP contribution is -2.44. The monoisotopic (exact) mass is 277 g/mol. The Balaban J connectivity index is 2.12. The first kappa shape index (κ1) is 14.1. The minimum atomic E-state index is -0.151. The zero-order chi connectivity index (χ0) is 13.8. The minimum absolute atomic E-state index is 0.104. The van der Waals surface area contributed by atoms with E-state index in [9.17, 15) is 4.79 Å². The molecule has 0 radical (unpaired) electrons. The lowest BCUT2D eigenvalue weighted by Gasteiger charge is -2.36. The van der Waals surface area contributed by atoms with Crippen LogP contribution in [0.15, 0.2) is 11.4 Å². The molecule has 1 N–H and O–H groups in total. The Hall–Kier alpha value is -1.31. The maximum atomic E-state index is 12.5. The van der Waals surface area contributed by atoms with E-state index in [0.29, 0.717) is 17.5 Å². The molecule has 1 saturated heterocycles. The number of hydrogen-bond donors (Lipinski definition) is 1. The molecule has 2 atom stereocenters. The van der Waals surface area contributed by atoms with Crippen molar-refractivity contribution in [1.82, 2.24) is 4.90 Å². The van der Waals surface area contributed by atoms with E-state index < -0.39 is 0 Å². The van der Waals surface area contributed by atoms with Gasteiger partial charge in [-0.05, 0) is 31.7 Å². The lowest BCUT2D eigenvalue weighted by molar-refractivity contribution is 0.0574. The van der Waals surface area contributed by atoms with Gasteiger partial charge in [0.2, 0.25) is 0 Å². The molecule has 4 heteroatoms. The number of aliphatic hydroxyl groups is 1. The van der Waals surface area contributed by atoms with Crippen LogP contribution in [0.25, 0.3) is 0 Å². The maximum Gasteiger partial charge on any atom is 0.254 e. The van der Waals surface area contributed by atoms with Gasteiger partial charge in [-0.15, -0.1) is 11.3 Å². The number of rotatable bonds is 1. The van der Waals surface area contributed by atoms with E-state index in [0.717, 1.165) is 17.8 Å². The number of hydrogen-bond acceptors (Lipinski definition) is 3. The fourth-order valence-electron chi connectivity index (χ4n) is 2.38. The molecule has 3 nitrogen and oxygen atoms in total. The molecule has 2 heterocycles. The lowest BCUT2D eigenvalue weighted by atomic mass is 9.94. The predicted octanol–water partition coefficient (Wildman–Crippen LogP) is 2.35. The largest absolute Gasteiger partial charge is 0.384 e. The third-order valence-electron chi connectivity index (χ3n) is 3.52. The van der Waals surface area contributed by atoms with Crippen LogP contribution >= 0.6 is 11.3 Å². The first-order valence-electron chi connectivity index (χ1n) is 6.61. The van der Waals surface area contributed by atoms with Crippen molar-refractivity contribution in [1.29, 1.82) is 0 Å². The second-order valence-corrected chi connectivity index (χ2v) is 6.06. The molecule has 0 spiro atoms. The van der Waals surface area contributed by atoms with Crippen LogP contribution in [0.3, 0.4) is 0 Å². The van der Waals surface area contributed by atoms with E-state index in [-0.39, 0.29) is 12.5 Å². The number of aliphatic hydroxyl groups excluding tert-OH is 1. The molecule has 1 aromatic heterocycles. The Bertz CT molecular complexity index is 512. The van der Waals surface area contributed by atoms with Crippen LogP contribution < -0.4 is 0 Å². The third-order valence-corrected chi connectivity index (χ3v) is 4.36. The molecule has 19 heavy (non-hydrogen) atoms. The van der Waals surface area contributed by atoms with Crippen LogP contribution in [0, 0.1) is 17.8 Å². The summed E-state index contributed by atoms with van der Waals surface area (Å²) in [7, 11) is 0. The van der Waals surface area contributed by atoms with Gasteiger partial charge in [-0.2, -0.15) is 0 Å². The fraction of sp³-hybridized carbons (Fsp3) is 0.533. The Morgan fingerprint density at radius 1 is 1.53 bits per heavy atom. The highest BCUT2D eigenvalue weighted by Gasteiger charge is 2.27. The molecule has 2 rings (SSSR count). The molecule has 0 aliphatic carbocycles. The van der Waals surface area contributed by atoms with E-state index in [4.69, 9.17) is 5.11 Å². The van der Waals surface area contributed by atoms with Crippen molar-refractivity contribution in [3.63, 3.8) is 0 Å². The average molecular weight is 277 g/mol. The SMILES string of the molecule is CC1CCC(C)N(C(=O)c2csc(C#CCO)c2)C1. The van der Waals surface area contributed by atoms with Crippen molar-refractivity contribution in [2.24, 2.45) is 5.92 Å². The topological polar surface area (TPSA) is 40.5 Å². The van der Waals surface area contributed by atoms with E-state index in [1.165, 1.54) is 17.8 Å². The number of amides is 1. The van der Waals surface area contributed by atoms with Crippen molar-refractivity contribution in [3.8, 4) is 11.8 Å². The summed E-state index contributed by atoms with van der Waals surface area (Å²) in [5.41, 5.74) is 0.716. The summed E-state index contributed by atoms with van der Waals surface area (Å²) in [6.07, 6.45) is 2.27. The molecule has 0 saturated carbocycles. The highest BCUT2D eigenvalue weighted by atomic mass is 32.1. The van der Waals surface area contributed by atoms with Gasteiger partial charge in [-0.25, -0.2) is 0 Å². The molecule has 1 aliphatic heterocycles. The standard InChI is InChI=1S/C15H19NO2S/c1-11-5-6-12(2)16(9-11)15(18)13-8-14(19-10-13)4-3-7-17/h8,10-12,17H,5-7,9H2,1-2H3. The van der Waals surface area contributed by atoms with Crippen LogP contribution in [-0.4, -0.2) is 35.1 Å². The van der Waals surface area contributed by atoms with E-state index in [1.807, 2.05) is 16.3 Å². The summed E-state index contributed by atoms with van der Waals surface area (Å²) >= 11 is 1.45. The second kappa shape index (κ2) is 6.23. The summed E-state index contributed by atoms with van der Waals surface area (Å²) in [4.78, 5) is 15.3. The van der Waals surface area contributed by atoms with Gasteiger partial charge in [0.05, 0.1) is 10.4 Å². The molecular weight excluding hydrogens is 258 g/mol. The molecule has 2 unspecified atom stereocenters. The van der Waals surface area contributed by atoms with Crippen molar-refractivity contribution in [2.75, 3.05) is 13.2 Å². The van der Waals surface area contributed by atoms with Crippen LogP contribution in [0.1, 0.15) is 41.9 Å². The second-order valence-electron chi connectivity index (χ2n) is 5.15. The van der Waals surface area contributed by atoms with E-state index in [1.54, 1.807) is 0 Å². The average Bonchev–Trinajstić information content (AvgIpc) is 2.87. The van der Waals surface area contributed by atoms with E-state index in [2.05, 4.69) is 25.7 Å². The first-order valence-corrected chi connectivity index (χ1v) is 7.49. The van der Waals surface area contributed by atoms with Gasteiger partial charge in [0.1, 0.15) is 6.61 Å². The number of carbonyl (C=O) groups excluding carboxylic acids is 1. The molecule has 1 amide bonds. The Kier molecular flexibility index (Phi) is 4.62. The molecule has 0 aromatic carbocycles. The van der Waals surface area contributed by atoms with Crippen molar-refractivity contribution < 1.29 is 9.90 Å². The van der Waals surface area contributed by atoms with Crippen LogP contribution in [-0.2, 0) is 0 Å². The maximum absolute atomic E-state index is 12.5. The smallest absolute Gasteiger partial charge is 0.254 e. The highest BCUT2D eigenvalue weighted by molar-refractivity contribution is 7.10. The normalized spacial score (nSPS) is 22.8. The van der Waals surface area contributed by atoms with Crippen LogP contribution in [0.2, 0.25) is 0 Å². The number of carbonyl (C=O) groups is 1. The third kappa shape index (κ3) is 3.37. The number of likely N-dealkylation sites (tertiary alicyclic amines) is 1. The predicted molar refractivity (Wildman–Crippen MR) is 77.2 cm³/mol. The van der Waals surface area contributed by atoms with Crippen LogP contribution in [0.4, 0.5) is 0 Å². The van der Waals surface area contributed by atoms with Crippen LogP contribution in [0.5, 0.6) is 0 Å². The quantitative estimate of drug-likeness (QED) is 0.801. The zero-order valence-electron chi connectivity index (χ0n) is 11.3. The van der Waals surface area contributed by atoms with Gasteiger partial charge >= 0.3 is 0 Å². The van der Waals surface area contributed by atoms with Gasteiger partial charge in [-0.1, -0.05) is 18.8 Å².